The van der Waals surface area contributed by atoms with Crippen molar-refractivity contribution in [2.24, 2.45) is 5.92 Å². The van der Waals surface area contributed by atoms with Crippen LogP contribution in [0.1, 0.15) is 44.1 Å². The van der Waals surface area contributed by atoms with Crippen LogP contribution in [0.4, 0.5) is 0 Å². The molecule has 6 heteroatoms. The quantitative estimate of drug-likeness (QED) is 0.627. The predicted octanol–water partition coefficient (Wildman–Crippen LogP) is 3.98. The molecule has 0 saturated carbocycles. The highest BCUT2D eigenvalue weighted by molar-refractivity contribution is 5.80. The van der Waals surface area contributed by atoms with Crippen LogP contribution in [0.15, 0.2) is 54.6 Å². The largest absolute Gasteiger partial charge is 0.497 e. The second-order valence-corrected chi connectivity index (χ2v) is 9.33. The molecular weight excluding hydrogens is 416 g/mol. The molecule has 2 fully saturated rings. The van der Waals surface area contributed by atoms with Crippen LogP contribution in [-0.2, 0) is 16.0 Å². The highest BCUT2D eigenvalue weighted by Gasteiger charge is 2.38. The molecule has 2 unspecified atom stereocenters. The molecule has 0 spiro atoms. The molecule has 2 saturated heterocycles. The molecule has 33 heavy (non-hydrogen) atoms. The molecule has 2 amide bonds. The van der Waals surface area contributed by atoms with Gasteiger partial charge in [0.15, 0.2) is 0 Å². The molecule has 0 aromatic heterocycles. The molecule has 2 aromatic rings. The minimum Gasteiger partial charge on any atom is -0.497 e. The molecular formula is C27H34N2O4. The maximum Gasteiger partial charge on any atom is 0.222 e. The molecule has 0 bridgehead atoms. The van der Waals surface area contributed by atoms with Crippen LogP contribution in [0, 0.1) is 5.92 Å². The van der Waals surface area contributed by atoms with Crippen molar-refractivity contribution in [1.29, 1.82) is 0 Å². The van der Waals surface area contributed by atoms with Crippen LogP contribution in [0.25, 0.3) is 0 Å². The Morgan fingerprint density at radius 3 is 2.73 bits per heavy atom. The van der Waals surface area contributed by atoms with Crippen LogP contribution in [-0.4, -0.2) is 49.1 Å². The van der Waals surface area contributed by atoms with E-state index in [1.165, 1.54) is 5.56 Å². The summed E-state index contributed by atoms with van der Waals surface area (Å²) in [5.41, 5.74) is 0.874. The van der Waals surface area contributed by atoms with E-state index in [0.717, 1.165) is 50.3 Å². The van der Waals surface area contributed by atoms with Gasteiger partial charge in [0.1, 0.15) is 11.5 Å². The summed E-state index contributed by atoms with van der Waals surface area (Å²) in [5.74, 6) is 2.15. The van der Waals surface area contributed by atoms with Gasteiger partial charge in [0.25, 0.3) is 0 Å². The first-order valence-corrected chi connectivity index (χ1v) is 11.9. The van der Waals surface area contributed by atoms with Crippen molar-refractivity contribution in [2.45, 2.75) is 50.5 Å². The van der Waals surface area contributed by atoms with E-state index < -0.39 is 0 Å². The number of nitrogens with one attached hydrogen (secondary N) is 1. The summed E-state index contributed by atoms with van der Waals surface area (Å²) in [4.78, 5) is 27.1. The second-order valence-electron chi connectivity index (χ2n) is 9.33. The minimum absolute atomic E-state index is 0.0890. The molecule has 2 aliphatic rings. The van der Waals surface area contributed by atoms with Gasteiger partial charge < -0.3 is 19.7 Å². The Labute approximate surface area is 196 Å². The Bertz CT molecular complexity index is 948. The third-order valence-corrected chi connectivity index (χ3v) is 6.84. The number of piperidine rings is 1. The van der Waals surface area contributed by atoms with Gasteiger partial charge in [0.05, 0.1) is 13.7 Å². The smallest absolute Gasteiger partial charge is 0.222 e. The predicted molar refractivity (Wildman–Crippen MR) is 127 cm³/mol. The van der Waals surface area contributed by atoms with Crippen LogP contribution >= 0.6 is 0 Å². The number of likely N-dealkylation sites (tertiary alicyclic amines) is 1. The fraction of sp³-hybridized carbons (Fsp3) is 0.481. The van der Waals surface area contributed by atoms with E-state index in [1.807, 2.05) is 47.4 Å². The second kappa shape index (κ2) is 10.7. The van der Waals surface area contributed by atoms with E-state index in [9.17, 15) is 9.59 Å². The molecule has 2 heterocycles. The van der Waals surface area contributed by atoms with E-state index in [1.54, 1.807) is 7.11 Å². The van der Waals surface area contributed by atoms with Gasteiger partial charge in [-0.2, -0.15) is 0 Å². The standard InChI is InChI=1S/C27H34N2O4/c1-32-23-10-5-11-24(17-23)33-20-22-9-6-16-29(19-22)26(31)13-15-27(14-12-25(30)28-27)18-21-7-3-2-4-8-21/h2-5,7-8,10-11,17,22H,6,9,12-16,18-20H2,1H3,(H,28,30). The van der Waals surface area contributed by atoms with Gasteiger partial charge in [-0.05, 0) is 49.8 Å². The number of amides is 2. The fourth-order valence-electron chi connectivity index (χ4n) is 5.01. The van der Waals surface area contributed by atoms with Gasteiger partial charge in [-0.3, -0.25) is 9.59 Å². The Hall–Kier alpha value is -3.02. The lowest BCUT2D eigenvalue weighted by Gasteiger charge is -2.34. The average Bonchev–Trinajstić information content (AvgIpc) is 3.22. The zero-order valence-corrected chi connectivity index (χ0v) is 19.4. The van der Waals surface area contributed by atoms with Gasteiger partial charge in [-0.15, -0.1) is 0 Å². The molecule has 6 nitrogen and oxygen atoms in total. The first kappa shape index (κ1) is 23.1. The molecule has 2 atom stereocenters. The van der Waals surface area contributed by atoms with Crippen LogP contribution in [0.3, 0.4) is 0 Å². The van der Waals surface area contributed by atoms with Crippen LogP contribution in [0.2, 0.25) is 0 Å². The fourth-order valence-corrected chi connectivity index (χ4v) is 5.01. The van der Waals surface area contributed by atoms with Gasteiger partial charge in [0, 0.05) is 43.5 Å². The van der Waals surface area contributed by atoms with E-state index >= 15 is 0 Å². The van der Waals surface area contributed by atoms with Gasteiger partial charge in [-0.1, -0.05) is 36.4 Å². The van der Waals surface area contributed by atoms with Crippen LogP contribution in [0.5, 0.6) is 11.5 Å². The number of hydrogen-bond acceptors (Lipinski definition) is 4. The molecule has 2 aliphatic heterocycles. The van der Waals surface area contributed by atoms with Crippen molar-refractivity contribution in [2.75, 3.05) is 26.8 Å². The Balaban J connectivity index is 1.30. The molecule has 1 N–H and O–H groups in total. The third kappa shape index (κ3) is 6.28. The first-order chi connectivity index (χ1) is 16.0. The lowest BCUT2D eigenvalue weighted by atomic mass is 9.84. The average molecular weight is 451 g/mol. The van der Waals surface area contributed by atoms with Crippen molar-refractivity contribution in [3.8, 4) is 11.5 Å². The molecule has 0 aliphatic carbocycles. The highest BCUT2D eigenvalue weighted by atomic mass is 16.5. The summed E-state index contributed by atoms with van der Waals surface area (Å²) < 4.78 is 11.2. The SMILES string of the molecule is COc1cccc(OCC2CCCN(C(=O)CCC3(Cc4ccccc4)CCC(=O)N3)C2)c1. The third-order valence-electron chi connectivity index (χ3n) is 6.84. The normalized spacial score (nSPS) is 22.6. The van der Waals surface area contributed by atoms with Crippen molar-refractivity contribution >= 4 is 11.8 Å². The van der Waals surface area contributed by atoms with E-state index in [0.29, 0.717) is 31.8 Å². The zero-order valence-electron chi connectivity index (χ0n) is 19.4. The number of benzene rings is 2. The van der Waals surface area contributed by atoms with Gasteiger partial charge in [-0.25, -0.2) is 0 Å². The zero-order chi connectivity index (χ0) is 23.1. The summed E-state index contributed by atoms with van der Waals surface area (Å²) in [6, 6.07) is 17.8. The van der Waals surface area contributed by atoms with E-state index in [2.05, 4.69) is 17.4 Å². The minimum atomic E-state index is -0.321. The van der Waals surface area contributed by atoms with Crippen molar-refractivity contribution < 1.29 is 19.1 Å². The summed E-state index contributed by atoms with van der Waals surface area (Å²) in [6.07, 6.45) is 5.26. The summed E-state index contributed by atoms with van der Waals surface area (Å²) in [5, 5.41) is 3.19. The number of carbonyl (C=O) groups is 2. The van der Waals surface area contributed by atoms with Gasteiger partial charge in [0.2, 0.25) is 11.8 Å². The summed E-state index contributed by atoms with van der Waals surface area (Å²) in [7, 11) is 1.64. The molecule has 4 rings (SSSR count). The monoisotopic (exact) mass is 450 g/mol. The van der Waals surface area contributed by atoms with Crippen molar-refractivity contribution in [3.05, 3.63) is 60.2 Å². The Morgan fingerprint density at radius 2 is 1.97 bits per heavy atom. The number of carbonyl (C=O) groups excluding carboxylic acids is 2. The lowest BCUT2D eigenvalue weighted by molar-refractivity contribution is -0.134. The number of ether oxygens (including phenoxy) is 2. The molecule has 176 valence electrons. The summed E-state index contributed by atoms with van der Waals surface area (Å²) >= 11 is 0. The Kier molecular flexibility index (Phi) is 7.53. The number of rotatable bonds is 9. The topological polar surface area (TPSA) is 67.9 Å². The Morgan fingerprint density at radius 1 is 1.15 bits per heavy atom. The number of nitrogens with zero attached hydrogens (tertiary/aromatic N) is 1. The highest BCUT2D eigenvalue weighted by Crippen LogP contribution is 2.30. The molecule has 2 aromatic carbocycles. The molecule has 0 radical (unpaired) electrons. The van der Waals surface area contributed by atoms with Crippen LogP contribution < -0.4 is 14.8 Å². The van der Waals surface area contributed by atoms with Crippen molar-refractivity contribution in [1.82, 2.24) is 10.2 Å². The maximum absolute atomic E-state index is 13.1. The van der Waals surface area contributed by atoms with Crippen molar-refractivity contribution in [3.63, 3.8) is 0 Å². The number of hydrogen-bond donors (Lipinski definition) is 1. The summed E-state index contributed by atoms with van der Waals surface area (Å²) in [6.45, 7) is 2.11. The lowest BCUT2D eigenvalue weighted by Crippen LogP contribution is -2.46. The maximum atomic E-state index is 13.1. The van der Waals surface area contributed by atoms with Gasteiger partial charge >= 0.3 is 0 Å². The van der Waals surface area contributed by atoms with E-state index in [-0.39, 0.29) is 17.4 Å². The van der Waals surface area contributed by atoms with E-state index in [4.69, 9.17) is 9.47 Å². The number of methoxy groups -OCH3 is 1. The first-order valence-electron chi connectivity index (χ1n) is 11.9.